The zero-order chi connectivity index (χ0) is 10.7. The Bertz CT molecular complexity index is 330. The van der Waals surface area contributed by atoms with Gasteiger partial charge in [0.05, 0.1) is 18.4 Å². The van der Waals surface area contributed by atoms with E-state index in [4.69, 9.17) is 0 Å². The number of hydrogen-bond acceptors (Lipinski definition) is 4. The number of rotatable bonds is 3. The molecule has 2 N–H and O–H groups in total. The molecule has 2 amide bonds. The molecule has 8 heteroatoms. The standard InChI is InChI=1S/C6H12N4O3S/c1-4-3-10(6(11)8-7-4)5(2)9-14(12)13/h5,14H,3H2,1-2H3,(H,8,11)(H,9,12,13). The van der Waals surface area contributed by atoms with Crippen LogP contribution in [0.2, 0.25) is 0 Å². The average Bonchev–Trinajstić information content (AvgIpc) is 2.08. The predicted molar refractivity (Wildman–Crippen MR) is 51.3 cm³/mol. The van der Waals surface area contributed by atoms with Crippen LogP contribution in [0.1, 0.15) is 13.8 Å². The molecule has 80 valence electrons. The van der Waals surface area contributed by atoms with Crippen molar-refractivity contribution in [3.05, 3.63) is 0 Å². The van der Waals surface area contributed by atoms with E-state index in [-0.39, 0.29) is 0 Å². The van der Waals surface area contributed by atoms with Gasteiger partial charge in [-0.2, -0.15) is 9.82 Å². The number of nitrogens with zero attached hydrogens (tertiary/aromatic N) is 2. The number of hydrogen-bond donors (Lipinski definition) is 3. The van der Waals surface area contributed by atoms with E-state index in [0.717, 1.165) is 5.71 Å². The van der Waals surface area contributed by atoms with Gasteiger partial charge < -0.3 is 4.90 Å². The van der Waals surface area contributed by atoms with Crippen LogP contribution in [0.5, 0.6) is 0 Å². The minimum Gasteiger partial charge on any atom is -0.302 e. The van der Waals surface area contributed by atoms with Gasteiger partial charge in [-0.3, -0.25) is 0 Å². The highest BCUT2D eigenvalue weighted by atomic mass is 32.2. The van der Waals surface area contributed by atoms with Gasteiger partial charge in [0, 0.05) is 0 Å². The van der Waals surface area contributed by atoms with Crippen molar-refractivity contribution in [1.29, 1.82) is 0 Å². The first kappa shape index (κ1) is 10.9. The molecule has 0 saturated carbocycles. The van der Waals surface area contributed by atoms with Crippen molar-refractivity contribution in [2.45, 2.75) is 20.0 Å². The average molecular weight is 220 g/mol. The molecule has 0 aromatic carbocycles. The second kappa shape index (κ2) is 4.38. The molecule has 1 aliphatic rings. The maximum atomic E-state index is 11.2. The van der Waals surface area contributed by atoms with Gasteiger partial charge in [0.25, 0.3) is 0 Å². The van der Waals surface area contributed by atoms with Crippen LogP contribution < -0.4 is 10.1 Å². The van der Waals surface area contributed by atoms with Crippen LogP contribution >= 0.6 is 0 Å². The van der Waals surface area contributed by atoms with Gasteiger partial charge in [-0.05, 0) is 13.8 Å². The summed E-state index contributed by atoms with van der Waals surface area (Å²) in [5.41, 5.74) is 3.00. The number of carbonyl (C=O) groups excluding carboxylic acids is 1. The first-order chi connectivity index (χ1) is 6.50. The molecule has 1 heterocycles. The van der Waals surface area contributed by atoms with Crippen LogP contribution in [0.4, 0.5) is 4.79 Å². The third-order valence-corrected chi connectivity index (χ3v) is 2.35. The fraction of sp³-hybridized carbons (Fsp3) is 0.667. The fourth-order valence-corrected chi connectivity index (χ4v) is 1.54. The van der Waals surface area contributed by atoms with E-state index in [1.807, 2.05) is 0 Å². The molecule has 14 heavy (non-hydrogen) atoms. The minimum atomic E-state index is -2.71. The zero-order valence-electron chi connectivity index (χ0n) is 7.85. The zero-order valence-corrected chi connectivity index (χ0v) is 8.75. The summed E-state index contributed by atoms with van der Waals surface area (Å²) in [4.78, 5) is 12.6. The Balaban J connectivity index is 2.67. The maximum Gasteiger partial charge on any atom is 0.339 e. The smallest absolute Gasteiger partial charge is 0.302 e. The van der Waals surface area contributed by atoms with E-state index in [1.165, 1.54) is 4.90 Å². The normalized spacial score (nSPS) is 19.2. The molecule has 0 radical (unpaired) electrons. The van der Waals surface area contributed by atoms with Crippen molar-refractivity contribution in [2.75, 3.05) is 6.54 Å². The lowest BCUT2D eigenvalue weighted by atomic mass is 10.3. The van der Waals surface area contributed by atoms with E-state index in [1.54, 1.807) is 13.8 Å². The SMILES string of the molecule is CC1=NNC(=O)N(C(C)N[SH](=O)=O)C1. The minimum absolute atomic E-state index is 0.323. The van der Waals surface area contributed by atoms with Crippen molar-refractivity contribution < 1.29 is 13.2 Å². The van der Waals surface area contributed by atoms with E-state index >= 15 is 0 Å². The largest absolute Gasteiger partial charge is 0.339 e. The Morgan fingerprint density at radius 1 is 1.64 bits per heavy atom. The van der Waals surface area contributed by atoms with Gasteiger partial charge in [0.2, 0.25) is 10.9 Å². The molecule has 0 aromatic heterocycles. The molecule has 0 bridgehead atoms. The third kappa shape index (κ3) is 2.67. The molecular weight excluding hydrogens is 208 g/mol. The molecular formula is C6H12N4O3S. The number of urea groups is 1. The summed E-state index contributed by atoms with van der Waals surface area (Å²) in [5, 5.41) is 3.72. The highest BCUT2D eigenvalue weighted by molar-refractivity contribution is 7.70. The Morgan fingerprint density at radius 3 is 2.86 bits per heavy atom. The summed E-state index contributed by atoms with van der Waals surface area (Å²) in [6.07, 6.45) is -0.568. The lowest BCUT2D eigenvalue weighted by Crippen LogP contribution is -2.54. The molecule has 1 aliphatic heterocycles. The van der Waals surface area contributed by atoms with E-state index in [0.29, 0.717) is 6.54 Å². The lowest BCUT2D eigenvalue weighted by molar-refractivity contribution is 0.182. The quantitative estimate of drug-likeness (QED) is 0.524. The third-order valence-electron chi connectivity index (χ3n) is 1.76. The molecule has 0 fully saturated rings. The van der Waals surface area contributed by atoms with Gasteiger partial charge in [-0.15, -0.1) is 0 Å². The van der Waals surface area contributed by atoms with Crippen molar-refractivity contribution in [1.82, 2.24) is 15.0 Å². The predicted octanol–water partition coefficient (Wildman–Crippen LogP) is -1.15. The van der Waals surface area contributed by atoms with Crippen LogP contribution in [0.3, 0.4) is 0 Å². The van der Waals surface area contributed by atoms with Crippen molar-refractivity contribution in [2.24, 2.45) is 5.10 Å². The first-order valence-electron chi connectivity index (χ1n) is 4.01. The Morgan fingerprint density at radius 2 is 2.29 bits per heavy atom. The summed E-state index contributed by atoms with van der Waals surface area (Å²) in [5.74, 6) is 0. The summed E-state index contributed by atoms with van der Waals surface area (Å²) in [7, 11) is -2.71. The monoisotopic (exact) mass is 220 g/mol. The van der Waals surface area contributed by atoms with E-state index in [9.17, 15) is 13.2 Å². The fourth-order valence-electron chi connectivity index (χ4n) is 1.10. The molecule has 0 aliphatic carbocycles. The van der Waals surface area contributed by atoms with Crippen LogP contribution in [-0.2, 0) is 10.9 Å². The number of hydrazone groups is 1. The summed E-state index contributed by atoms with van der Waals surface area (Å²) >= 11 is 0. The number of carbonyl (C=O) groups is 1. The van der Waals surface area contributed by atoms with Gasteiger partial charge >= 0.3 is 6.03 Å². The number of amides is 2. The highest BCUT2D eigenvalue weighted by Crippen LogP contribution is 2.01. The molecule has 1 atom stereocenters. The van der Waals surface area contributed by atoms with E-state index < -0.39 is 23.1 Å². The number of thiol groups is 1. The molecule has 0 spiro atoms. The Labute approximate surface area is 83.2 Å². The van der Waals surface area contributed by atoms with Gasteiger partial charge in [0.1, 0.15) is 0 Å². The van der Waals surface area contributed by atoms with Gasteiger partial charge in [-0.25, -0.2) is 18.6 Å². The van der Waals surface area contributed by atoms with Crippen molar-refractivity contribution >= 4 is 22.6 Å². The summed E-state index contributed by atoms with van der Waals surface area (Å²) in [6.45, 7) is 3.66. The molecule has 0 saturated heterocycles. The highest BCUT2D eigenvalue weighted by Gasteiger charge is 2.23. The molecule has 7 nitrogen and oxygen atoms in total. The summed E-state index contributed by atoms with van der Waals surface area (Å²) < 4.78 is 23.0. The lowest BCUT2D eigenvalue weighted by Gasteiger charge is -2.30. The first-order valence-corrected chi connectivity index (χ1v) is 5.19. The van der Waals surface area contributed by atoms with Crippen LogP contribution in [0.15, 0.2) is 5.10 Å². The molecule has 0 aromatic rings. The van der Waals surface area contributed by atoms with Crippen molar-refractivity contribution in [3.63, 3.8) is 0 Å². The Hall–Kier alpha value is -1.15. The second-order valence-electron chi connectivity index (χ2n) is 2.95. The molecule has 1 unspecified atom stereocenters. The second-order valence-corrected chi connectivity index (χ2v) is 3.73. The van der Waals surface area contributed by atoms with Gasteiger partial charge in [-0.1, -0.05) is 0 Å². The van der Waals surface area contributed by atoms with Gasteiger partial charge in [0.15, 0.2) is 0 Å². The summed E-state index contributed by atoms with van der Waals surface area (Å²) in [6, 6.07) is -0.410. The number of nitrogens with one attached hydrogen (secondary N) is 2. The van der Waals surface area contributed by atoms with Crippen LogP contribution in [0, 0.1) is 0 Å². The van der Waals surface area contributed by atoms with Crippen LogP contribution in [-0.4, -0.2) is 37.8 Å². The topological polar surface area (TPSA) is 90.9 Å². The van der Waals surface area contributed by atoms with E-state index in [2.05, 4.69) is 15.2 Å². The van der Waals surface area contributed by atoms with Crippen LogP contribution in [0.25, 0.3) is 0 Å². The maximum absolute atomic E-state index is 11.2. The molecule has 1 rings (SSSR count). The Kier molecular flexibility index (Phi) is 3.42. The van der Waals surface area contributed by atoms with Crippen molar-refractivity contribution in [3.8, 4) is 0 Å².